The third-order valence-corrected chi connectivity index (χ3v) is 5.94. The molecule has 3 amide bonds. The van der Waals surface area contributed by atoms with Gasteiger partial charge in [0.1, 0.15) is 6.54 Å². The fourth-order valence-electron chi connectivity index (χ4n) is 2.44. The molecular weight excluding hydrogens is 467 g/mol. The summed E-state index contributed by atoms with van der Waals surface area (Å²) in [6, 6.07) is 10.2. The number of urea groups is 1. The first kappa shape index (κ1) is 25.6. The van der Waals surface area contributed by atoms with Gasteiger partial charge in [-0.25, -0.2) is 18.0 Å². The summed E-state index contributed by atoms with van der Waals surface area (Å²) in [5.74, 6) is -2.25. The van der Waals surface area contributed by atoms with Gasteiger partial charge in [-0.05, 0) is 37.3 Å². The standard InChI is InChI=1S/C20H20F3N3O6S/c1-13-6-8-15(9-7-13)26(2)33(30,31)16-5-3-4-14(10-16)18(28)32-11-17(27)25-19(29)24-12-20(21,22)23/h3-10H,11-12H2,1-2H3,(H2,24,25,27,29). The lowest BCUT2D eigenvalue weighted by molar-refractivity contribution is -0.125. The van der Waals surface area contributed by atoms with Crippen molar-refractivity contribution in [1.29, 1.82) is 0 Å². The first-order valence-electron chi connectivity index (χ1n) is 9.27. The van der Waals surface area contributed by atoms with Crippen LogP contribution in [0.25, 0.3) is 0 Å². The number of sulfonamides is 1. The van der Waals surface area contributed by atoms with Crippen LogP contribution in [-0.2, 0) is 19.6 Å². The second-order valence-corrected chi connectivity index (χ2v) is 8.73. The van der Waals surface area contributed by atoms with Crippen LogP contribution in [0.3, 0.4) is 0 Å². The van der Waals surface area contributed by atoms with Gasteiger partial charge in [0, 0.05) is 7.05 Å². The summed E-state index contributed by atoms with van der Waals surface area (Å²) in [6.45, 7) is -0.773. The molecule has 13 heteroatoms. The van der Waals surface area contributed by atoms with Gasteiger partial charge < -0.3 is 10.1 Å². The average molecular weight is 487 g/mol. The first-order valence-corrected chi connectivity index (χ1v) is 10.7. The summed E-state index contributed by atoms with van der Waals surface area (Å²) < 4.78 is 67.6. The third-order valence-electron chi connectivity index (χ3n) is 4.16. The summed E-state index contributed by atoms with van der Waals surface area (Å²) in [5.41, 5.74) is 1.15. The Labute approximate surface area is 187 Å². The number of ether oxygens (including phenoxy) is 1. The SMILES string of the molecule is Cc1ccc(N(C)S(=O)(=O)c2cccc(C(=O)OCC(=O)NC(=O)NCC(F)(F)F)c2)cc1. The van der Waals surface area contributed by atoms with E-state index in [9.17, 15) is 36.0 Å². The highest BCUT2D eigenvalue weighted by atomic mass is 32.2. The van der Waals surface area contributed by atoms with E-state index in [2.05, 4.69) is 0 Å². The molecule has 0 fully saturated rings. The summed E-state index contributed by atoms with van der Waals surface area (Å²) in [6.07, 6.45) is -4.66. The summed E-state index contributed by atoms with van der Waals surface area (Å²) >= 11 is 0. The predicted octanol–water partition coefficient (Wildman–Crippen LogP) is 2.37. The highest BCUT2D eigenvalue weighted by molar-refractivity contribution is 7.92. The van der Waals surface area contributed by atoms with E-state index in [-0.39, 0.29) is 10.5 Å². The molecule has 9 nitrogen and oxygen atoms in total. The zero-order valence-electron chi connectivity index (χ0n) is 17.5. The molecule has 0 saturated heterocycles. The molecule has 0 aromatic heterocycles. The molecule has 2 aromatic carbocycles. The predicted molar refractivity (Wildman–Crippen MR) is 111 cm³/mol. The fourth-order valence-corrected chi connectivity index (χ4v) is 3.68. The Bertz CT molecular complexity index is 1130. The molecule has 0 atom stereocenters. The molecular formula is C20H20F3N3O6S. The molecule has 0 aliphatic carbocycles. The molecule has 2 rings (SSSR count). The van der Waals surface area contributed by atoms with E-state index in [4.69, 9.17) is 4.74 Å². The summed E-state index contributed by atoms with van der Waals surface area (Å²) in [7, 11) is -2.68. The van der Waals surface area contributed by atoms with Crippen LogP contribution in [0.4, 0.5) is 23.7 Å². The van der Waals surface area contributed by atoms with E-state index in [1.165, 1.54) is 30.6 Å². The van der Waals surface area contributed by atoms with Crippen molar-refractivity contribution >= 4 is 33.6 Å². The Morgan fingerprint density at radius 1 is 1.06 bits per heavy atom. The minimum absolute atomic E-state index is 0.192. The quantitative estimate of drug-likeness (QED) is 0.579. The highest BCUT2D eigenvalue weighted by Gasteiger charge is 2.28. The maximum Gasteiger partial charge on any atom is 0.405 e. The van der Waals surface area contributed by atoms with Gasteiger partial charge in [-0.1, -0.05) is 23.8 Å². The number of carbonyl (C=O) groups is 3. The van der Waals surface area contributed by atoms with Gasteiger partial charge in [0.15, 0.2) is 6.61 Å². The van der Waals surface area contributed by atoms with E-state index < -0.39 is 47.3 Å². The van der Waals surface area contributed by atoms with Crippen molar-refractivity contribution in [3.8, 4) is 0 Å². The minimum atomic E-state index is -4.66. The number of carbonyl (C=O) groups excluding carboxylic acids is 3. The van der Waals surface area contributed by atoms with Gasteiger partial charge in [-0.3, -0.25) is 14.4 Å². The monoisotopic (exact) mass is 487 g/mol. The summed E-state index contributed by atoms with van der Waals surface area (Å²) in [5, 5.41) is 2.98. The molecule has 0 spiro atoms. The molecule has 0 radical (unpaired) electrons. The number of imide groups is 1. The second-order valence-electron chi connectivity index (χ2n) is 6.76. The number of hydrogen-bond acceptors (Lipinski definition) is 6. The Kier molecular flexibility index (Phi) is 8.03. The maximum atomic E-state index is 12.9. The topological polar surface area (TPSA) is 122 Å². The number of rotatable bonds is 7. The zero-order chi connectivity index (χ0) is 24.8. The van der Waals surface area contributed by atoms with Crippen molar-refractivity contribution in [2.24, 2.45) is 0 Å². The second kappa shape index (κ2) is 10.3. The zero-order valence-corrected chi connectivity index (χ0v) is 18.3. The van der Waals surface area contributed by atoms with Gasteiger partial charge in [0.25, 0.3) is 15.9 Å². The largest absolute Gasteiger partial charge is 0.452 e. The van der Waals surface area contributed by atoms with E-state index in [0.29, 0.717) is 5.69 Å². The Balaban J connectivity index is 2.02. The number of esters is 1. The Hall–Kier alpha value is -3.61. The molecule has 0 saturated carbocycles. The van der Waals surface area contributed by atoms with Gasteiger partial charge in [-0.15, -0.1) is 0 Å². The van der Waals surface area contributed by atoms with Crippen molar-refractivity contribution in [2.45, 2.75) is 18.0 Å². The van der Waals surface area contributed by atoms with Crippen LogP contribution >= 0.6 is 0 Å². The van der Waals surface area contributed by atoms with Crippen molar-refractivity contribution in [3.63, 3.8) is 0 Å². The molecule has 178 valence electrons. The smallest absolute Gasteiger partial charge is 0.405 e. The molecule has 2 N–H and O–H groups in total. The number of benzene rings is 2. The lowest BCUT2D eigenvalue weighted by Gasteiger charge is -2.20. The average Bonchev–Trinajstić information content (AvgIpc) is 2.75. The van der Waals surface area contributed by atoms with Gasteiger partial charge >= 0.3 is 18.2 Å². The molecule has 0 bridgehead atoms. The number of nitrogens with zero attached hydrogens (tertiary/aromatic N) is 1. The third kappa shape index (κ3) is 7.49. The molecule has 0 unspecified atom stereocenters. The Morgan fingerprint density at radius 2 is 1.70 bits per heavy atom. The van der Waals surface area contributed by atoms with E-state index in [0.717, 1.165) is 15.9 Å². The normalized spacial score (nSPS) is 11.4. The van der Waals surface area contributed by atoms with Crippen molar-refractivity contribution < 1.29 is 40.7 Å². The van der Waals surface area contributed by atoms with E-state index in [1.807, 2.05) is 6.92 Å². The number of aryl methyl sites for hydroxylation is 1. The molecule has 0 aliphatic heterocycles. The first-order chi connectivity index (χ1) is 15.3. The van der Waals surface area contributed by atoms with Crippen LogP contribution < -0.4 is 14.9 Å². The van der Waals surface area contributed by atoms with Crippen LogP contribution in [-0.4, -0.2) is 52.7 Å². The lowest BCUT2D eigenvalue weighted by atomic mass is 10.2. The van der Waals surface area contributed by atoms with Crippen LogP contribution in [0.1, 0.15) is 15.9 Å². The van der Waals surface area contributed by atoms with Crippen LogP contribution in [0, 0.1) is 6.92 Å². The highest BCUT2D eigenvalue weighted by Crippen LogP contribution is 2.23. The molecule has 2 aromatic rings. The fraction of sp³-hybridized carbons (Fsp3) is 0.250. The molecule has 33 heavy (non-hydrogen) atoms. The molecule has 0 aliphatic rings. The van der Waals surface area contributed by atoms with Crippen LogP contribution in [0.5, 0.6) is 0 Å². The number of hydrogen-bond donors (Lipinski definition) is 2. The van der Waals surface area contributed by atoms with Gasteiger partial charge in [-0.2, -0.15) is 13.2 Å². The van der Waals surface area contributed by atoms with Crippen LogP contribution in [0.2, 0.25) is 0 Å². The number of nitrogens with one attached hydrogen (secondary N) is 2. The van der Waals surface area contributed by atoms with Crippen LogP contribution in [0.15, 0.2) is 53.4 Å². The Morgan fingerprint density at radius 3 is 2.30 bits per heavy atom. The number of halogens is 3. The van der Waals surface area contributed by atoms with Crippen molar-refractivity contribution in [3.05, 3.63) is 59.7 Å². The number of anilines is 1. The molecule has 0 heterocycles. The number of alkyl halides is 3. The van der Waals surface area contributed by atoms with Crippen molar-refractivity contribution in [1.82, 2.24) is 10.6 Å². The number of amides is 3. The van der Waals surface area contributed by atoms with Gasteiger partial charge in [0.05, 0.1) is 16.1 Å². The van der Waals surface area contributed by atoms with Crippen molar-refractivity contribution in [2.75, 3.05) is 24.5 Å². The van der Waals surface area contributed by atoms with E-state index >= 15 is 0 Å². The maximum absolute atomic E-state index is 12.9. The van der Waals surface area contributed by atoms with E-state index in [1.54, 1.807) is 29.6 Å². The minimum Gasteiger partial charge on any atom is -0.452 e. The summed E-state index contributed by atoms with van der Waals surface area (Å²) in [4.78, 5) is 34.8. The lowest BCUT2D eigenvalue weighted by Crippen LogP contribution is -2.44. The van der Waals surface area contributed by atoms with Gasteiger partial charge in [0.2, 0.25) is 0 Å².